The summed E-state index contributed by atoms with van der Waals surface area (Å²) in [6.45, 7) is 6.16. The maximum atomic E-state index is 6.54. The Morgan fingerprint density at radius 2 is 1.28 bits per heavy atom. The molecule has 32 heavy (non-hydrogen) atoms. The zero-order valence-corrected chi connectivity index (χ0v) is 19.2. The van der Waals surface area contributed by atoms with E-state index in [2.05, 4.69) is 44.2 Å². The van der Waals surface area contributed by atoms with Gasteiger partial charge in [-0.15, -0.1) is 0 Å². The Balaban J connectivity index is 1.95. The average molecular weight is 424 g/mol. The number of methoxy groups -OCH3 is 2. The number of hydrogen-bond acceptors (Lipinski definition) is 3. The second-order valence-electron chi connectivity index (χ2n) is 7.82. The smallest absolute Gasteiger partial charge is 0.143 e. The number of aryl methyl sites for hydroxylation is 3. The van der Waals surface area contributed by atoms with Crippen molar-refractivity contribution < 1.29 is 14.2 Å². The van der Waals surface area contributed by atoms with Crippen LogP contribution in [-0.2, 0) is 0 Å². The summed E-state index contributed by atoms with van der Waals surface area (Å²) in [5, 5.41) is 0. The molecule has 0 bridgehead atoms. The predicted octanol–water partition coefficient (Wildman–Crippen LogP) is 7.56. The van der Waals surface area contributed by atoms with E-state index in [-0.39, 0.29) is 0 Å². The fourth-order valence-corrected chi connectivity index (χ4v) is 3.98. The minimum absolute atomic E-state index is 0.788. The number of ether oxygens (including phenoxy) is 3. The lowest BCUT2D eigenvalue weighted by Gasteiger charge is -2.19. The minimum atomic E-state index is 0.788. The van der Waals surface area contributed by atoms with Gasteiger partial charge in [-0.3, -0.25) is 0 Å². The van der Waals surface area contributed by atoms with Crippen LogP contribution in [0.3, 0.4) is 0 Å². The molecule has 3 heteroatoms. The Hall–Kier alpha value is -3.72. The largest absolute Gasteiger partial charge is 0.496 e. The fourth-order valence-electron chi connectivity index (χ4n) is 3.98. The van der Waals surface area contributed by atoms with Crippen LogP contribution in [0.15, 0.2) is 72.8 Å². The first-order valence-corrected chi connectivity index (χ1v) is 10.6. The molecule has 3 nitrogen and oxygen atoms in total. The highest BCUT2D eigenvalue weighted by Gasteiger charge is 2.19. The van der Waals surface area contributed by atoms with E-state index < -0.39 is 0 Å². The van der Waals surface area contributed by atoms with Crippen LogP contribution in [0.1, 0.15) is 16.7 Å². The summed E-state index contributed by atoms with van der Waals surface area (Å²) >= 11 is 0. The molecule has 0 saturated heterocycles. The SMILES string of the molecule is COc1ccc(-c2c[c]c(C)c(-c3ccc(OC)c(C)c3)c2Oc2ccccc2)cc1C. The standard InChI is InChI=1S/C29H27O3/c1-19-11-14-25(22-12-15-26(30-4)20(2)17-22)29(32-24-9-7-6-8-10-24)28(19)23-13-16-27(31-5)21(3)18-23/h6-10,12-18H,1-5H3. The van der Waals surface area contributed by atoms with Crippen LogP contribution in [0.2, 0.25) is 0 Å². The molecule has 4 aromatic carbocycles. The number of rotatable bonds is 6. The van der Waals surface area contributed by atoms with Crippen LogP contribution in [0.5, 0.6) is 23.0 Å². The van der Waals surface area contributed by atoms with Crippen LogP contribution < -0.4 is 14.2 Å². The maximum absolute atomic E-state index is 6.54. The molecule has 0 atom stereocenters. The van der Waals surface area contributed by atoms with Crippen molar-refractivity contribution >= 4 is 0 Å². The van der Waals surface area contributed by atoms with E-state index in [0.717, 1.165) is 61.9 Å². The third-order valence-electron chi connectivity index (χ3n) is 5.63. The lowest BCUT2D eigenvalue weighted by molar-refractivity contribution is 0.411. The van der Waals surface area contributed by atoms with Crippen LogP contribution in [0.25, 0.3) is 22.3 Å². The van der Waals surface area contributed by atoms with Crippen molar-refractivity contribution in [3.05, 3.63) is 95.6 Å². The van der Waals surface area contributed by atoms with Gasteiger partial charge < -0.3 is 14.2 Å². The molecule has 0 aliphatic rings. The minimum Gasteiger partial charge on any atom is -0.496 e. The summed E-state index contributed by atoms with van der Waals surface area (Å²) in [5.74, 6) is 3.32. The average Bonchev–Trinajstić information content (AvgIpc) is 2.80. The zero-order chi connectivity index (χ0) is 22.7. The molecule has 0 N–H and O–H groups in total. The Morgan fingerprint density at radius 1 is 0.688 bits per heavy atom. The summed E-state index contributed by atoms with van der Waals surface area (Å²) in [4.78, 5) is 0. The van der Waals surface area contributed by atoms with Gasteiger partial charge in [0.15, 0.2) is 0 Å². The summed E-state index contributed by atoms with van der Waals surface area (Å²) in [5.41, 5.74) is 7.28. The number of benzene rings is 4. The van der Waals surface area contributed by atoms with Crippen LogP contribution >= 0.6 is 0 Å². The van der Waals surface area contributed by atoms with Crippen LogP contribution in [-0.4, -0.2) is 14.2 Å². The quantitative estimate of drug-likeness (QED) is 0.320. The molecule has 0 fully saturated rings. The highest BCUT2D eigenvalue weighted by Crippen LogP contribution is 2.44. The number of hydrogen-bond donors (Lipinski definition) is 0. The predicted molar refractivity (Wildman–Crippen MR) is 130 cm³/mol. The molecule has 0 unspecified atom stereocenters. The lowest BCUT2D eigenvalue weighted by atomic mass is 9.92. The zero-order valence-electron chi connectivity index (χ0n) is 19.2. The fraction of sp³-hybridized carbons (Fsp3) is 0.172. The molecular weight excluding hydrogens is 396 g/mol. The van der Waals surface area contributed by atoms with E-state index in [0.29, 0.717) is 0 Å². The molecular formula is C29H27O3. The van der Waals surface area contributed by atoms with Gasteiger partial charge in [-0.05, 0) is 97.1 Å². The van der Waals surface area contributed by atoms with Crippen molar-refractivity contribution in [1.82, 2.24) is 0 Å². The van der Waals surface area contributed by atoms with E-state index >= 15 is 0 Å². The third kappa shape index (κ3) is 4.19. The van der Waals surface area contributed by atoms with Crippen molar-refractivity contribution in [3.63, 3.8) is 0 Å². The Bertz CT molecular complexity index is 1240. The van der Waals surface area contributed by atoms with Crippen molar-refractivity contribution in [2.45, 2.75) is 20.8 Å². The summed E-state index contributed by atoms with van der Waals surface area (Å²) in [6.07, 6.45) is 0. The number of para-hydroxylation sites is 1. The molecule has 1 radical (unpaired) electrons. The first-order chi connectivity index (χ1) is 15.5. The van der Waals surface area contributed by atoms with Gasteiger partial charge in [0.2, 0.25) is 0 Å². The van der Waals surface area contributed by atoms with Crippen LogP contribution in [0, 0.1) is 26.8 Å². The van der Waals surface area contributed by atoms with E-state index in [1.165, 1.54) is 0 Å². The van der Waals surface area contributed by atoms with E-state index in [1.54, 1.807) is 14.2 Å². The Morgan fingerprint density at radius 3 is 1.88 bits per heavy atom. The maximum Gasteiger partial charge on any atom is 0.143 e. The molecule has 4 aromatic rings. The first-order valence-electron chi connectivity index (χ1n) is 10.6. The van der Waals surface area contributed by atoms with Gasteiger partial charge in [-0.25, -0.2) is 0 Å². The Kier molecular flexibility index (Phi) is 6.18. The molecule has 4 rings (SSSR count). The molecule has 0 aromatic heterocycles. The highest BCUT2D eigenvalue weighted by molar-refractivity contribution is 5.85. The summed E-state index contributed by atoms with van der Waals surface area (Å²) in [6, 6.07) is 27.7. The van der Waals surface area contributed by atoms with Gasteiger partial charge in [0.25, 0.3) is 0 Å². The second-order valence-corrected chi connectivity index (χ2v) is 7.82. The molecule has 161 valence electrons. The molecule has 0 spiro atoms. The topological polar surface area (TPSA) is 27.7 Å². The molecule has 0 heterocycles. The lowest BCUT2D eigenvalue weighted by Crippen LogP contribution is -1.97. The summed E-state index contributed by atoms with van der Waals surface area (Å²) in [7, 11) is 3.38. The van der Waals surface area contributed by atoms with E-state index in [9.17, 15) is 0 Å². The van der Waals surface area contributed by atoms with Gasteiger partial charge in [-0.2, -0.15) is 0 Å². The van der Waals surface area contributed by atoms with Gasteiger partial charge in [0.05, 0.1) is 14.2 Å². The monoisotopic (exact) mass is 423 g/mol. The summed E-state index contributed by atoms with van der Waals surface area (Å²) < 4.78 is 17.5. The van der Waals surface area contributed by atoms with Gasteiger partial charge in [-0.1, -0.05) is 30.3 Å². The van der Waals surface area contributed by atoms with Crippen molar-refractivity contribution in [3.8, 4) is 45.3 Å². The first kappa shape index (κ1) is 21.5. The van der Waals surface area contributed by atoms with Crippen molar-refractivity contribution in [2.24, 2.45) is 0 Å². The second kappa shape index (κ2) is 9.19. The molecule has 0 aliphatic heterocycles. The van der Waals surface area contributed by atoms with Gasteiger partial charge in [0.1, 0.15) is 23.0 Å². The molecule has 0 aliphatic carbocycles. The highest BCUT2D eigenvalue weighted by atomic mass is 16.5. The molecule has 0 amide bonds. The van der Waals surface area contributed by atoms with Crippen molar-refractivity contribution in [1.29, 1.82) is 0 Å². The third-order valence-corrected chi connectivity index (χ3v) is 5.63. The van der Waals surface area contributed by atoms with Crippen LogP contribution in [0.4, 0.5) is 0 Å². The van der Waals surface area contributed by atoms with Gasteiger partial charge >= 0.3 is 0 Å². The van der Waals surface area contributed by atoms with E-state index in [1.807, 2.05) is 55.5 Å². The van der Waals surface area contributed by atoms with Crippen molar-refractivity contribution in [2.75, 3.05) is 14.2 Å². The van der Waals surface area contributed by atoms with E-state index in [4.69, 9.17) is 14.2 Å². The van der Waals surface area contributed by atoms with Gasteiger partial charge in [0, 0.05) is 11.1 Å². The Labute approximate surface area is 190 Å². The normalized spacial score (nSPS) is 10.7. The molecule has 0 saturated carbocycles.